The van der Waals surface area contributed by atoms with Crippen molar-refractivity contribution in [1.29, 1.82) is 0 Å². The van der Waals surface area contributed by atoms with Gasteiger partial charge in [0.2, 0.25) is 0 Å². The molecule has 0 aliphatic rings. The van der Waals surface area contributed by atoms with Gasteiger partial charge < -0.3 is 20.4 Å². The van der Waals surface area contributed by atoms with Crippen LogP contribution in [0.5, 0.6) is 5.75 Å². The topological polar surface area (TPSA) is 80.1 Å². The Morgan fingerprint density at radius 2 is 2.06 bits per heavy atom. The Kier molecular flexibility index (Phi) is 6.80. The number of imidazole rings is 1. The molecule has 3 rings (SSSR count). The number of likely N-dealkylation sites (N-methyl/N-ethyl adjacent to an activating group) is 1. The summed E-state index contributed by atoms with van der Waals surface area (Å²) in [4.78, 5) is 14.5. The molecule has 6 heteroatoms. The summed E-state index contributed by atoms with van der Waals surface area (Å²) in [6.45, 7) is 8.47. The molecule has 0 bridgehead atoms. The maximum absolute atomic E-state index is 6.23. The van der Waals surface area contributed by atoms with Gasteiger partial charge in [-0.3, -0.25) is 0 Å². The number of hydrogen-bond acceptors (Lipinski definition) is 5. The summed E-state index contributed by atoms with van der Waals surface area (Å²) in [5, 5.41) is 0. The van der Waals surface area contributed by atoms with Crippen molar-refractivity contribution in [3.63, 3.8) is 0 Å². The lowest BCUT2D eigenvalue weighted by molar-refractivity contribution is 0.415. The fourth-order valence-corrected chi connectivity index (χ4v) is 3.07. The summed E-state index contributed by atoms with van der Waals surface area (Å²) in [5.74, 6) is 2.30. The number of rotatable bonds is 8. The molecule has 0 aliphatic heterocycles. The van der Waals surface area contributed by atoms with Crippen molar-refractivity contribution in [3.8, 4) is 17.1 Å². The predicted octanol–water partition coefficient (Wildman–Crippen LogP) is 5.28. The maximum Gasteiger partial charge on any atom is 0.142 e. The number of nitrogens with one attached hydrogen (secondary N) is 1. The predicted molar refractivity (Wildman–Crippen MR) is 130 cm³/mol. The number of H-pyrrole nitrogens is 1. The van der Waals surface area contributed by atoms with Crippen molar-refractivity contribution in [2.75, 3.05) is 26.9 Å². The van der Waals surface area contributed by atoms with Crippen LogP contribution < -0.4 is 10.5 Å². The monoisotopic (exact) mass is 417 g/mol. The molecule has 3 N–H and O–H groups in total. The van der Waals surface area contributed by atoms with Gasteiger partial charge in [-0.15, -0.1) is 0 Å². The van der Waals surface area contributed by atoms with Gasteiger partial charge >= 0.3 is 0 Å². The van der Waals surface area contributed by atoms with E-state index in [4.69, 9.17) is 15.5 Å². The van der Waals surface area contributed by atoms with Crippen LogP contribution in [0.3, 0.4) is 0 Å². The van der Waals surface area contributed by atoms with Crippen LogP contribution in [-0.4, -0.2) is 41.1 Å². The van der Waals surface area contributed by atoms with Crippen molar-refractivity contribution in [3.05, 3.63) is 66.5 Å². The Morgan fingerprint density at radius 3 is 2.74 bits per heavy atom. The second-order valence-electron chi connectivity index (χ2n) is 7.85. The van der Waals surface area contributed by atoms with Gasteiger partial charge in [0.25, 0.3) is 0 Å². The molecule has 0 spiro atoms. The van der Waals surface area contributed by atoms with E-state index < -0.39 is 0 Å². The summed E-state index contributed by atoms with van der Waals surface area (Å²) < 4.78 is 5.31. The highest BCUT2D eigenvalue weighted by Gasteiger charge is 2.13. The summed E-state index contributed by atoms with van der Waals surface area (Å²) in [5.41, 5.74) is 11.7. The first-order valence-corrected chi connectivity index (χ1v) is 10.4. The van der Waals surface area contributed by atoms with E-state index >= 15 is 0 Å². The molecule has 1 aromatic carbocycles. The van der Waals surface area contributed by atoms with Crippen LogP contribution in [0.1, 0.15) is 25.8 Å². The normalized spacial score (nSPS) is 13.0. The zero-order valence-electron chi connectivity index (χ0n) is 18.9. The van der Waals surface area contributed by atoms with E-state index in [1.807, 2.05) is 55.5 Å². The Hall–Kier alpha value is -3.54. The lowest BCUT2D eigenvalue weighted by atomic mass is 9.98. The lowest BCUT2D eigenvalue weighted by Crippen LogP contribution is -2.07. The number of aromatic nitrogens is 3. The van der Waals surface area contributed by atoms with Crippen molar-refractivity contribution in [2.45, 2.75) is 20.3 Å². The Labute approximate surface area is 184 Å². The van der Waals surface area contributed by atoms with Crippen LogP contribution in [0.25, 0.3) is 28.0 Å². The number of nitrogens with two attached hydrogens (primary N) is 1. The van der Waals surface area contributed by atoms with Gasteiger partial charge in [-0.05, 0) is 35.8 Å². The molecule has 0 aliphatic carbocycles. The van der Waals surface area contributed by atoms with Crippen molar-refractivity contribution < 1.29 is 4.74 Å². The van der Waals surface area contributed by atoms with E-state index in [0.717, 1.165) is 45.6 Å². The zero-order chi connectivity index (χ0) is 22.5. The molecule has 0 fully saturated rings. The number of nitrogen functional groups attached to an aromatic ring is 1. The van der Waals surface area contributed by atoms with Crippen LogP contribution in [0.15, 0.2) is 61.0 Å². The number of allylic oxidation sites excluding steroid dienone is 4. The number of anilines is 1. The molecular weight excluding hydrogens is 386 g/mol. The van der Waals surface area contributed by atoms with Crippen molar-refractivity contribution >= 4 is 22.4 Å². The molecule has 1 atom stereocenters. The van der Waals surface area contributed by atoms with Gasteiger partial charge in [-0.1, -0.05) is 39.0 Å². The SMILES string of the molecule is C=C(C=CC(=CC(C)CC)c1cnc(N)c(-c2nc3ccc(OC)cc3[nH]2)c1)N(C)C. The van der Waals surface area contributed by atoms with Crippen LogP contribution in [0, 0.1) is 5.92 Å². The highest BCUT2D eigenvalue weighted by Crippen LogP contribution is 2.30. The highest BCUT2D eigenvalue weighted by atomic mass is 16.5. The molecule has 0 radical (unpaired) electrons. The first kappa shape index (κ1) is 22.2. The van der Waals surface area contributed by atoms with Crippen LogP contribution >= 0.6 is 0 Å². The van der Waals surface area contributed by atoms with Crippen molar-refractivity contribution in [2.24, 2.45) is 5.92 Å². The minimum Gasteiger partial charge on any atom is -0.497 e. The quantitative estimate of drug-likeness (QED) is 0.488. The fourth-order valence-electron chi connectivity index (χ4n) is 3.07. The van der Waals surface area contributed by atoms with Gasteiger partial charge in [-0.25, -0.2) is 9.97 Å². The molecule has 1 unspecified atom stereocenters. The third-order valence-electron chi connectivity index (χ3n) is 5.33. The molecule has 0 saturated heterocycles. The fraction of sp³-hybridized carbons (Fsp3) is 0.280. The summed E-state index contributed by atoms with van der Waals surface area (Å²) >= 11 is 0. The number of pyridine rings is 1. The standard InChI is InChI=1S/C25H31N5O/c1-7-16(2)12-18(9-8-17(3)30(4)5)19-13-21(24(26)27-15-19)25-28-22-11-10-20(31-6)14-23(22)29-25/h8-16H,3,7H2,1-2,4-6H3,(H2,26,27)(H,28,29). The Balaban J connectivity index is 2.06. The zero-order valence-corrected chi connectivity index (χ0v) is 18.9. The molecule has 2 aromatic heterocycles. The number of aromatic amines is 1. The van der Waals surface area contributed by atoms with Crippen molar-refractivity contribution in [1.82, 2.24) is 19.9 Å². The molecular formula is C25H31N5O. The average Bonchev–Trinajstić information content (AvgIpc) is 3.19. The Morgan fingerprint density at radius 1 is 1.29 bits per heavy atom. The van der Waals surface area contributed by atoms with E-state index in [9.17, 15) is 0 Å². The molecule has 3 aromatic rings. The number of nitrogens with zero attached hydrogens (tertiary/aromatic N) is 3. The van der Waals surface area contributed by atoms with E-state index in [1.54, 1.807) is 7.11 Å². The van der Waals surface area contributed by atoms with Gasteiger partial charge in [-0.2, -0.15) is 0 Å². The smallest absolute Gasteiger partial charge is 0.142 e. The highest BCUT2D eigenvalue weighted by molar-refractivity contribution is 5.85. The Bertz CT molecular complexity index is 1140. The van der Waals surface area contributed by atoms with E-state index in [-0.39, 0.29) is 0 Å². The molecule has 2 heterocycles. The number of ether oxygens (including phenoxy) is 1. The van der Waals surface area contributed by atoms with E-state index in [2.05, 4.69) is 42.5 Å². The summed E-state index contributed by atoms with van der Waals surface area (Å²) in [6.07, 6.45) is 9.20. The molecule has 0 amide bonds. The van der Waals surface area contributed by atoms with Gasteiger partial charge in [0, 0.05) is 37.6 Å². The molecule has 31 heavy (non-hydrogen) atoms. The summed E-state index contributed by atoms with van der Waals surface area (Å²) in [6, 6.07) is 7.77. The van der Waals surface area contributed by atoms with Crippen LogP contribution in [0.4, 0.5) is 5.82 Å². The average molecular weight is 418 g/mol. The lowest BCUT2D eigenvalue weighted by Gasteiger charge is -2.13. The van der Waals surface area contributed by atoms with Crippen LogP contribution in [-0.2, 0) is 0 Å². The van der Waals surface area contributed by atoms with Gasteiger partial charge in [0.1, 0.15) is 17.4 Å². The largest absolute Gasteiger partial charge is 0.497 e. The second kappa shape index (κ2) is 9.51. The minimum atomic E-state index is 0.423. The second-order valence-corrected chi connectivity index (χ2v) is 7.85. The first-order valence-electron chi connectivity index (χ1n) is 10.4. The molecule has 6 nitrogen and oxygen atoms in total. The number of methoxy groups -OCH3 is 1. The van der Waals surface area contributed by atoms with Gasteiger partial charge in [0.15, 0.2) is 0 Å². The number of fused-ring (bicyclic) bond motifs is 1. The van der Waals surface area contributed by atoms with E-state index in [0.29, 0.717) is 17.6 Å². The third-order valence-corrected chi connectivity index (χ3v) is 5.33. The first-order chi connectivity index (χ1) is 14.8. The third kappa shape index (κ3) is 5.15. The summed E-state index contributed by atoms with van der Waals surface area (Å²) in [7, 11) is 5.60. The number of hydrogen-bond donors (Lipinski definition) is 2. The minimum absolute atomic E-state index is 0.423. The van der Waals surface area contributed by atoms with E-state index in [1.165, 1.54) is 0 Å². The van der Waals surface area contributed by atoms with Gasteiger partial charge in [0.05, 0.1) is 23.7 Å². The number of benzene rings is 1. The van der Waals surface area contributed by atoms with Crippen LogP contribution in [0.2, 0.25) is 0 Å². The molecule has 0 saturated carbocycles. The molecule has 162 valence electrons. The maximum atomic E-state index is 6.23.